The van der Waals surface area contributed by atoms with Gasteiger partial charge in [0.2, 0.25) is 5.91 Å². The molecule has 0 aliphatic carbocycles. The molecule has 0 saturated carbocycles. The van der Waals surface area contributed by atoms with Crippen molar-refractivity contribution < 1.29 is 19.1 Å². The minimum absolute atomic E-state index is 0.00620. The van der Waals surface area contributed by atoms with Crippen LogP contribution in [-0.2, 0) is 9.59 Å². The summed E-state index contributed by atoms with van der Waals surface area (Å²) in [5, 5.41) is 9.40. The molecule has 1 fully saturated rings. The van der Waals surface area contributed by atoms with Crippen molar-refractivity contribution in [1.29, 1.82) is 0 Å². The second-order valence-electron chi connectivity index (χ2n) is 5.29. The van der Waals surface area contributed by atoms with E-state index < -0.39 is 17.9 Å². The standard InChI is InChI=1S/C14H19NO4/c1-8(2)15-11(16)5-4-10(14(17)18)12(15)13-9(3)6-7-19-13/h6-8,10,12H,4-5H2,1-3H3,(H,17,18). The maximum Gasteiger partial charge on any atom is 0.309 e. The quantitative estimate of drug-likeness (QED) is 0.910. The van der Waals surface area contributed by atoms with Crippen LogP contribution in [0, 0.1) is 12.8 Å². The van der Waals surface area contributed by atoms with Gasteiger partial charge in [0, 0.05) is 12.5 Å². The summed E-state index contributed by atoms with van der Waals surface area (Å²) in [5.41, 5.74) is 0.886. The van der Waals surface area contributed by atoms with Gasteiger partial charge in [-0.15, -0.1) is 0 Å². The molecule has 2 rings (SSSR count). The number of aliphatic carboxylic acids is 1. The molecule has 0 spiro atoms. The van der Waals surface area contributed by atoms with E-state index in [1.165, 1.54) is 0 Å². The minimum atomic E-state index is -0.876. The lowest BCUT2D eigenvalue weighted by Crippen LogP contribution is -2.48. The van der Waals surface area contributed by atoms with Gasteiger partial charge in [-0.2, -0.15) is 0 Å². The highest BCUT2D eigenvalue weighted by molar-refractivity contribution is 5.82. The number of carbonyl (C=O) groups excluding carboxylic acids is 1. The first-order valence-corrected chi connectivity index (χ1v) is 6.51. The Morgan fingerprint density at radius 1 is 1.53 bits per heavy atom. The molecule has 1 aliphatic heterocycles. The van der Waals surface area contributed by atoms with Crippen LogP contribution in [-0.4, -0.2) is 27.9 Å². The van der Waals surface area contributed by atoms with Gasteiger partial charge in [0.25, 0.3) is 0 Å². The number of carbonyl (C=O) groups is 2. The zero-order chi connectivity index (χ0) is 14.2. The fourth-order valence-electron chi connectivity index (χ4n) is 2.78. The largest absolute Gasteiger partial charge is 0.481 e. The molecule has 1 N–H and O–H groups in total. The van der Waals surface area contributed by atoms with E-state index in [2.05, 4.69) is 0 Å². The summed E-state index contributed by atoms with van der Waals surface area (Å²) in [7, 11) is 0. The van der Waals surface area contributed by atoms with Gasteiger partial charge in [-0.05, 0) is 38.8 Å². The second-order valence-corrected chi connectivity index (χ2v) is 5.29. The van der Waals surface area contributed by atoms with Gasteiger partial charge in [-0.3, -0.25) is 9.59 Å². The first kappa shape index (κ1) is 13.6. The molecule has 1 aromatic rings. The molecule has 1 aliphatic rings. The molecular formula is C14H19NO4. The van der Waals surface area contributed by atoms with E-state index in [0.29, 0.717) is 12.2 Å². The monoisotopic (exact) mass is 265 g/mol. The number of piperidine rings is 1. The van der Waals surface area contributed by atoms with Gasteiger partial charge in [0.15, 0.2) is 0 Å². The summed E-state index contributed by atoms with van der Waals surface area (Å²) < 4.78 is 5.46. The Bertz CT molecular complexity index is 491. The first-order valence-electron chi connectivity index (χ1n) is 6.51. The first-order chi connectivity index (χ1) is 8.93. The number of nitrogens with zero attached hydrogens (tertiary/aromatic N) is 1. The van der Waals surface area contributed by atoms with E-state index in [4.69, 9.17) is 4.42 Å². The topological polar surface area (TPSA) is 70.7 Å². The van der Waals surface area contributed by atoms with Crippen LogP contribution in [0.2, 0.25) is 0 Å². The van der Waals surface area contributed by atoms with Crippen molar-refractivity contribution in [2.45, 2.75) is 45.7 Å². The molecule has 1 aromatic heterocycles. The molecule has 5 nitrogen and oxygen atoms in total. The van der Waals surface area contributed by atoms with Gasteiger partial charge in [-0.1, -0.05) is 0 Å². The van der Waals surface area contributed by atoms with Crippen molar-refractivity contribution in [3.05, 3.63) is 23.7 Å². The Hall–Kier alpha value is -1.78. The highest BCUT2D eigenvalue weighted by atomic mass is 16.4. The normalized spacial score (nSPS) is 24.0. The number of rotatable bonds is 3. The minimum Gasteiger partial charge on any atom is -0.481 e. The molecule has 1 amide bonds. The summed E-state index contributed by atoms with van der Waals surface area (Å²) in [5.74, 6) is -0.897. The van der Waals surface area contributed by atoms with Gasteiger partial charge in [0.1, 0.15) is 11.8 Å². The van der Waals surface area contributed by atoms with Gasteiger partial charge < -0.3 is 14.4 Å². The van der Waals surface area contributed by atoms with Gasteiger partial charge in [-0.25, -0.2) is 0 Å². The van der Waals surface area contributed by atoms with Gasteiger partial charge in [0.05, 0.1) is 12.2 Å². The van der Waals surface area contributed by atoms with Crippen LogP contribution in [0.4, 0.5) is 0 Å². The highest BCUT2D eigenvalue weighted by Crippen LogP contribution is 2.39. The molecule has 2 heterocycles. The predicted octanol–water partition coefficient (Wildman–Crippen LogP) is 2.36. The highest BCUT2D eigenvalue weighted by Gasteiger charge is 2.43. The Morgan fingerprint density at radius 3 is 2.68 bits per heavy atom. The third-order valence-electron chi connectivity index (χ3n) is 3.68. The van der Waals surface area contributed by atoms with Gasteiger partial charge >= 0.3 is 5.97 Å². The summed E-state index contributed by atoms with van der Waals surface area (Å²) in [6.45, 7) is 5.66. The van der Waals surface area contributed by atoms with Crippen molar-refractivity contribution in [3.63, 3.8) is 0 Å². The van der Waals surface area contributed by atoms with Crippen LogP contribution in [0.15, 0.2) is 16.7 Å². The van der Waals surface area contributed by atoms with Crippen LogP contribution in [0.5, 0.6) is 0 Å². The average molecular weight is 265 g/mol. The molecule has 0 radical (unpaired) electrons. The van der Waals surface area contributed by atoms with E-state index in [0.717, 1.165) is 5.56 Å². The Labute approximate surface area is 112 Å². The lowest BCUT2D eigenvalue weighted by Gasteiger charge is -2.41. The fourth-order valence-corrected chi connectivity index (χ4v) is 2.78. The second kappa shape index (κ2) is 5.07. The maximum absolute atomic E-state index is 12.1. The third kappa shape index (κ3) is 2.37. The molecule has 0 aromatic carbocycles. The van der Waals surface area contributed by atoms with E-state index in [1.54, 1.807) is 17.2 Å². The number of carboxylic acid groups (broad SMARTS) is 1. The van der Waals surface area contributed by atoms with Crippen LogP contribution in [0.25, 0.3) is 0 Å². The number of likely N-dealkylation sites (tertiary alicyclic amines) is 1. The van der Waals surface area contributed by atoms with Crippen LogP contribution in [0.3, 0.4) is 0 Å². The van der Waals surface area contributed by atoms with E-state index >= 15 is 0 Å². The summed E-state index contributed by atoms with van der Waals surface area (Å²) in [6.07, 6.45) is 2.19. The zero-order valence-corrected chi connectivity index (χ0v) is 11.4. The fraction of sp³-hybridized carbons (Fsp3) is 0.571. The third-order valence-corrected chi connectivity index (χ3v) is 3.68. The van der Waals surface area contributed by atoms with Crippen LogP contribution >= 0.6 is 0 Å². The van der Waals surface area contributed by atoms with E-state index in [1.807, 2.05) is 20.8 Å². The molecular weight excluding hydrogens is 246 g/mol. The molecule has 19 heavy (non-hydrogen) atoms. The molecule has 5 heteroatoms. The molecule has 104 valence electrons. The SMILES string of the molecule is Cc1ccoc1C1C(C(=O)O)CCC(=O)N1C(C)C. The van der Waals surface area contributed by atoms with Crippen molar-refractivity contribution in [2.24, 2.45) is 5.92 Å². The number of hydrogen-bond acceptors (Lipinski definition) is 3. The molecule has 2 atom stereocenters. The molecule has 1 saturated heterocycles. The summed E-state index contributed by atoms with van der Waals surface area (Å²) in [6, 6.07) is 1.24. The van der Waals surface area contributed by atoms with Crippen LogP contribution in [0.1, 0.15) is 44.1 Å². The van der Waals surface area contributed by atoms with Crippen molar-refractivity contribution in [2.75, 3.05) is 0 Å². The Balaban J connectivity index is 2.47. The number of amides is 1. The number of furan rings is 1. The molecule has 0 bridgehead atoms. The average Bonchev–Trinajstić information content (AvgIpc) is 2.73. The predicted molar refractivity (Wildman–Crippen MR) is 68.5 cm³/mol. The van der Waals surface area contributed by atoms with Crippen LogP contribution < -0.4 is 0 Å². The zero-order valence-electron chi connectivity index (χ0n) is 11.4. The number of aryl methyl sites for hydroxylation is 1. The lowest BCUT2D eigenvalue weighted by atomic mass is 9.85. The summed E-state index contributed by atoms with van der Waals surface area (Å²) in [4.78, 5) is 25.2. The summed E-state index contributed by atoms with van der Waals surface area (Å²) >= 11 is 0. The van der Waals surface area contributed by atoms with Crippen molar-refractivity contribution in [3.8, 4) is 0 Å². The Kier molecular flexibility index (Phi) is 3.64. The maximum atomic E-state index is 12.1. The Morgan fingerprint density at radius 2 is 2.21 bits per heavy atom. The van der Waals surface area contributed by atoms with Crippen molar-refractivity contribution >= 4 is 11.9 Å². The van der Waals surface area contributed by atoms with Crippen molar-refractivity contribution in [1.82, 2.24) is 4.90 Å². The smallest absolute Gasteiger partial charge is 0.309 e. The number of carboxylic acids is 1. The lowest BCUT2D eigenvalue weighted by molar-refractivity contribution is -0.154. The van der Waals surface area contributed by atoms with E-state index in [-0.39, 0.29) is 18.4 Å². The van der Waals surface area contributed by atoms with E-state index in [9.17, 15) is 14.7 Å². The molecule has 2 unspecified atom stereocenters. The number of hydrogen-bond donors (Lipinski definition) is 1.